The minimum Gasteiger partial charge on any atom is -0.484 e. The lowest BCUT2D eigenvalue weighted by atomic mass is 9.87. The normalized spacial score (nSPS) is 11.2. The maximum absolute atomic E-state index is 13.2. The standard InChI is InChI=1S/C19H22FNO2/c1-13-8-9-15(20)11-17(13)21-18(22)12-23-16-7-5-6-14(10-16)19(2,3)4/h5-11H,12H2,1-4H3,(H,21,22). The molecule has 0 aliphatic carbocycles. The number of hydrogen-bond acceptors (Lipinski definition) is 2. The summed E-state index contributed by atoms with van der Waals surface area (Å²) in [6.07, 6.45) is 0. The number of hydrogen-bond donors (Lipinski definition) is 1. The van der Waals surface area contributed by atoms with Crippen LogP contribution in [0.3, 0.4) is 0 Å². The highest BCUT2D eigenvalue weighted by Gasteiger charge is 2.14. The lowest BCUT2D eigenvalue weighted by Gasteiger charge is -2.19. The molecule has 0 heterocycles. The van der Waals surface area contributed by atoms with E-state index in [-0.39, 0.29) is 23.7 Å². The first kappa shape index (κ1) is 17.0. The summed E-state index contributed by atoms with van der Waals surface area (Å²) >= 11 is 0. The van der Waals surface area contributed by atoms with Gasteiger partial charge in [0.15, 0.2) is 6.61 Å². The van der Waals surface area contributed by atoms with Gasteiger partial charge in [0.25, 0.3) is 5.91 Å². The van der Waals surface area contributed by atoms with Crippen molar-refractivity contribution in [1.82, 2.24) is 0 Å². The van der Waals surface area contributed by atoms with E-state index in [1.165, 1.54) is 12.1 Å². The van der Waals surface area contributed by atoms with Gasteiger partial charge in [0.05, 0.1) is 0 Å². The van der Waals surface area contributed by atoms with Crippen LogP contribution in [-0.2, 0) is 10.2 Å². The molecule has 1 amide bonds. The minimum absolute atomic E-state index is 0.0142. The van der Waals surface area contributed by atoms with Gasteiger partial charge >= 0.3 is 0 Å². The molecule has 1 N–H and O–H groups in total. The van der Waals surface area contributed by atoms with Crippen molar-refractivity contribution in [2.45, 2.75) is 33.1 Å². The van der Waals surface area contributed by atoms with Crippen molar-refractivity contribution in [3.05, 3.63) is 59.4 Å². The molecule has 0 unspecified atom stereocenters. The summed E-state index contributed by atoms with van der Waals surface area (Å²) in [6.45, 7) is 8.04. The fourth-order valence-corrected chi connectivity index (χ4v) is 2.12. The summed E-state index contributed by atoms with van der Waals surface area (Å²) in [5.41, 5.74) is 2.41. The number of nitrogens with one attached hydrogen (secondary N) is 1. The average Bonchev–Trinajstić information content (AvgIpc) is 2.48. The van der Waals surface area contributed by atoms with Crippen molar-refractivity contribution < 1.29 is 13.9 Å². The Labute approximate surface area is 136 Å². The molecule has 3 nitrogen and oxygen atoms in total. The van der Waals surface area contributed by atoms with Crippen molar-refractivity contribution in [3.8, 4) is 5.75 Å². The van der Waals surface area contributed by atoms with Crippen LogP contribution in [0.1, 0.15) is 31.9 Å². The van der Waals surface area contributed by atoms with Gasteiger partial charge < -0.3 is 10.1 Å². The van der Waals surface area contributed by atoms with E-state index >= 15 is 0 Å². The van der Waals surface area contributed by atoms with Crippen molar-refractivity contribution in [3.63, 3.8) is 0 Å². The molecule has 0 saturated heterocycles. The van der Waals surface area contributed by atoms with Crippen LogP contribution in [0.4, 0.5) is 10.1 Å². The van der Waals surface area contributed by atoms with Gasteiger partial charge in [-0.1, -0.05) is 39.0 Å². The van der Waals surface area contributed by atoms with Crippen LogP contribution in [0.25, 0.3) is 0 Å². The van der Waals surface area contributed by atoms with Crippen LogP contribution in [0.2, 0.25) is 0 Å². The number of benzene rings is 2. The zero-order valence-electron chi connectivity index (χ0n) is 13.9. The molecule has 23 heavy (non-hydrogen) atoms. The SMILES string of the molecule is Cc1ccc(F)cc1NC(=O)COc1cccc(C(C)(C)C)c1. The third-order valence-electron chi connectivity index (χ3n) is 3.54. The summed E-state index contributed by atoms with van der Waals surface area (Å²) in [4.78, 5) is 12.0. The predicted octanol–water partition coefficient (Wildman–Crippen LogP) is 4.45. The largest absolute Gasteiger partial charge is 0.484 e. The first-order valence-electron chi connectivity index (χ1n) is 7.55. The molecule has 2 aromatic rings. The third kappa shape index (κ3) is 4.81. The summed E-state index contributed by atoms with van der Waals surface area (Å²) in [7, 11) is 0. The summed E-state index contributed by atoms with van der Waals surface area (Å²) in [6, 6.07) is 12.0. The minimum atomic E-state index is -0.385. The number of carbonyl (C=O) groups excluding carboxylic acids is 1. The van der Waals surface area contributed by atoms with Crippen LogP contribution >= 0.6 is 0 Å². The van der Waals surface area contributed by atoms with E-state index in [1.54, 1.807) is 6.07 Å². The molecule has 0 spiro atoms. The summed E-state index contributed by atoms with van der Waals surface area (Å²) in [5.74, 6) is -0.0619. The third-order valence-corrected chi connectivity index (χ3v) is 3.54. The Hall–Kier alpha value is -2.36. The lowest BCUT2D eigenvalue weighted by Crippen LogP contribution is -2.21. The van der Waals surface area contributed by atoms with Gasteiger partial charge in [0.1, 0.15) is 11.6 Å². The zero-order valence-corrected chi connectivity index (χ0v) is 13.9. The monoisotopic (exact) mass is 315 g/mol. The Morgan fingerprint density at radius 3 is 2.61 bits per heavy atom. The number of aryl methyl sites for hydroxylation is 1. The Balaban J connectivity index is 1.98. The Morgan fingerprint density at radius 1 is 1.17 bits per heavy atom. The van der Waals surface area contributed by atoms with Gasteiger partial charge in [-0.2, -0.15) is 0 Å². The topological polar surface area (TPSA) is 38.3 Å². The molecule has 0 aliphatic heterocycles. The van der Waals surface area contributed by atoms with E-state index in [1.807, 2.05) is 31.2 Å². The van der Waals surface area contributed by atoms with E-state index in [2.05, 4.69) is 26.1 Å². The van der Waals surface area contributed by atoms with E-state index < -0.39 is 0 Å². The second kappa shape index (κ2) is 6.82. The first-order chi connectivity index (χ1) is 10.8. The van der Waals surface area contributed by atoms with Gasteiger partial charge in [-0.3, -0.25) is 4.79 Å². The molecule has 0 bridgehead atoms. The second-order valence-corrected chi connectivity index (χ2v) is 6.57. The van der Waals surface area contributed by atoms with Crippen molar-refractivity contribution in [1.29, 1.82) is 0 Å². The smallest absolute Gasteiger partial charge is 0.262 e. The van der Waals surface area contributed by atoms with Crippen LogP contribution in [0, 0.1) is 12.7 Å². The fraction of sp³-hybridized carbons (Fsp3) is 0.316. The predicted molar refractivity (Wildman–Crippen MR) is 90.4 cm³/mol. The van der Waals surface area contributed by atoms with Crippen LogP contribution in [-0.4, -0.2) is 12.5 Å². The van der Waals surface area contributed by atoms with Crippen LogP contribution < -0.4 is 10.1 Å². The van der Waals surface area contributed by atoms with Gasteiger partial charge in [-0.15, -0.1) is 0 Å². The fourth-order valence-electron chi connectivity index (χ4n) is 2.12. The highest BCUT2D eigenvalue weighted by Crippen LogP contribution is 2.25. The highest BCUT2D eigenvalue weighted by molar-refractivity contribution is 5.92. The number of rotatable bonds is 4. The lowest BCUT2D eigenvalue weighted by molar-refractivity contribution is -0.118. The molecular formula is C19H22FNO2. The summed E-state index contributed by atoms with van der Waals surface area (Å²) < 4.78 is 18.8. The zero-order chi connectivity index (χ0) is 17.0. The van der Waals surface area contributed by atoms with E-state index in [0.717, 1.165) is 11.1 Å². The second-order valence-electron chi connectivity index (χ2n) is 6.57. The first-order valence-corrected chi connectivity index (χ1v) is 7.55. The maximum atomic E-state index is 13.2. The highest BCUT2D eigenvalue weighted by atomic mass is 19.1. The number of halogens is 1. The van der Waals surface area contributed by atoms with E-state index in [0.29, 0.717) is 11.4 Å². The molecule has 0 saturated carbocycles. The quantitative estimate of drug-likeness (QED) is 0.905. The van der Waals surface area contributed by atoms with Gasteiger partial charge in [0.2, 0.25) is 0 Å². The molecule has 0 fully saturated rings. The van der Waals surface area contributed by atoms with Gasteiger partial charge in [0, 0.05) is 5.69 Å². The van der Waals surface area contributed by atoms with Gasteiger partial charge in [-0.05, 0) is 47.7 Å². The molecule has 4 heteroatoms. The van der Waals surface area contributed by atoms with Gasteiger partial charge in [-0.25, -0.2) is 4.39 Å². The molecule has 0 aliphatic rings. The number of amides is 1. The molecule has 2 aromatic carbocycles. The molecule has 2 rings (SSSR count). The number of ether oxygens (including phenoxy) is 1. The van der Waals surface area contributed by atoms with E-state index in [9.17, 15) is 9.18 Å². The Morgan fingerprint density at radius 2 is 1.91 bits per heavy atom. The molecule has 0 radical (unpaired) electrons. The maximum Gasteiger partial charge on any atom is 0.262 e. The van der Waals surface area contributed by atoms with E-state index in [4.69, 9.17) is 4.74 Å². The van der Waals surface area contributed by atoms with Crippen molar-refractivity contribution in [2.75, 3.05) is 11.9 Å². The van der Waals surface area contributed by atoms with Crippen molar-refractivity contribution in [2.24, 2.45) is 0 Å². The molecule has 0 atom stereocenters. The number of carbonyl (C=O) groups is 1. The summed E-state index contributed by atoms with van der Waals surface area (Å²) in [5, 5.41) is 2.66. The average molecular weight is 315 g/mol. The van der Waals surface area contributed by atoms with Crippen LogP contribution in [0.15, 0.2) is 42.5 Å². The Kier molecular flexibility index (Phi) is 5.04. The molecule has 122 valence electrons. The molecule has 0 aromatic heterocycles. The van der Waals surface area contributed by atoms with Crippen molar-refractivity contribution >= 4 is 11.6 Å². The Bertz CT molecular complexity index is 705. The van der Waals surface area contributed by atoms with Crippen LogP contribution in [0.5, 0.6) is 5.75 Å². The molecular weight excluding hydrogens is 293 g/mol. The number of anilines is 1.